The second-order valence-electron chi connectivity index (χ2n) is 5.62. The monoisotopic (exact) mass is 346 g/mol. The Morgan fingerprint density at radius 3 is 2.69 bits per heavy atom. The summed E-state index contributed by atoms with van der Waals surface area (Å²) in [6.07, 6.45) is 3.87. The van der Waals surface area contributed by atoms with E-state index in [1.54, 1.807) is 23.0 Å². The van der Waals surface area contributed by atoms with E-state index >= 15 is 0 Å². The summed E-state index contributed by atoms with van der Waals surface area (Å²) in [7, 11) is 0. The van der Waals surface area contributed by atoms with Crippen molar-refractivity contribution in [2.45, 2.75) is 13.0 Å². The van der Waals surface area contributed by atoms with E-state index in [1.165, 1.54) is 0 Å². The summed E-state index contributed by atoms with van der Waals surface area (Å²) in [5.74, 6) is 0.551. The summed E-state index contributed by atoms with van der Waals surface area (Å²) in [4.78, 5) is 12.2. The van der Waals surface area contributed by atoms with Crippen LogP contribution in [-0.4, -0.2) is 22.3 Å². The number of nitrogens with one attached hydrogen (secondary N) is 1. The molecule has 0 fully saturated rings. The Bertz CT molecular complexity index is 896. The Labute approximate surface area is 151 Å². The molecule has 0 aliphatic heterocycles. The number of carbonyl (C=O) groups is 1. The number of nitrogens with zero attached hydrogens (tertiary/aromatic N) is 3. The summed E-state index contributed by atoms with van der Waals surface area (Å²) in [6, 6.07) is 18.8. The molecule has 130 valence electrons. The van der Waals surface area contributed by atoms with Crippen molar-refractivity contribution in [2.75, 3.05) is 6.61 Å². The highest BCUT2D eigenvalue weighted by atomic mass is 16.5. The maximum absolute atomic E-state index is 12.2. The van der Waals surface area contributed by atoms with E-state index in [4.69, 9.17) is 10.00 Å². The lowest BCUT2D eigenvalue weighted by Crippen LogP contribution is -2.25. The molecule has 1 amide bonds. The van der Waals surface area contributed by atoms with E-state index in [-0.39, 0.29) is 18.9 Å². The van der Waals surface area contributed by atoms with Crippen LogP contribution in [0.15, 0.2) is 67.0 Å². The minimum atomic E-state index is -0.0639. The molecule has 1 N–H and O–H groups in total. The lowest BCUT2D eigenvalue weighted by atomic mass is 10.1. The van der Waals surface area contributed by atoms with Crippen molar-refractivity contribution in [1.29, 1.82) is 5.26 Å². The van der Waals surface area contributed by atoms with Crippen LogP contribution in [0.3, 0.4) is 0 Å². The topological polar surface area (TPSA) is 79.9 Å². The van der Waals surface area contributed by atoms with Gasteiger partial charge in [-0.15, -0.1) is 0 Å². The zero-order chi connectivity index (χ0) is 18.2. The fourth-order valence-electron chi connectivity index (χ4n) is 2.56. The fourth-order valence-corrected chi connectivity index (χ4v) is 2.56. The summed E-state index contributed by atoms with van der Waals surface area (Å²) >= 11 is 0. The molecule has 0 unspecified atom stereocenters. The van der Waals surface area contributed by atoms with Crippen molar-refractivity contribution in [1.82, 2.24) is 15.1 Å². The highest BCUT2D eigenvalue weighted by Crippen LogP contribution is 2.14. The van der Waals surface area contributed by atoms with Crippen LogP contribution in [0.25, 0.3) is 5.69 Å². The molecule has 0 aliphatic rings. The van der Waals surface area contributed by atoms with Crippen LogP contribution in [0.5, 0.6) is 5.75 Å². The largest absolute Gasteiger partial charge is 0.479 e. The predicted octanol–water partition coefficient (Wildman–Crippen LogP) is 2.63. The van der Waals surface area contributed by atoms with Crippen LogP contribution in [0.4, 0.5) is 0 Å². The van der Waals surface area contributed by atoms with Gasteiger partial charge >= 0.3 is 0 Å². The van der Waals surface area contributed by atoms with Crippen molar-refractivity contribution in [3.05, 3.63) is 78.1 Å². The van der Waals surface area contributed by atoms with Gasteiger partial charge in [-0.3, -0.25) is 4.79 Å². The normalized spacial score (nSPS) is 10.1. The van der Waals surface area contributed by atoms with E-state index in [9.17, 15) is 4.79 Å². The molecule has 0 saturated carbocycles. The Hall–Kier alpha value is -3.59. The van der Waals surface area contributed by atoms with Gasteiger partial charge in [0.25, 0.3) is 0 Å². The van der Waals surface area contributed by atoms with E-state index in [2.05, 4.69) is 10.4 Å². The number of amides is 1. The number of hydrogen-bond acceptors (Lipinski definition) is 4. The number of benzene rings is 2. The summed E-state index contributed by atoms with van der Waals surface area (Å²) < 4.78 is 6.98. The molecule has 0 radical (unpaired) electrons. The van der Waals surface area contributed by atoms with Gasteiger partial charge in [-0.1, -0.05) is 30.3 Å². The Morgan fingerprint density at radius 1 is 1.15 bits per heavy atom. The maximum atomic E-state index is 12.2. The minimum Gasteiger partial charge on any atom is -0.479 e. The van der Waals surface area contributed by atoms with Crippen molar-refractivity contribution in [3.8, 4) is 17.5 Å². The molecule has 1 aromatic heterocycles. The third kappa shape index (κ3) is 4.48. The molecule has 0 aliphatic carbocycles. The first-order valence-electron chi connectivity index (χ1n) is 8.19. The van der Waals surface area contributed by atoms with Gasteiger partial charge in [0, 0.05) is 18.9 Å². The SMILES string of the molecule is N#CCOc1ccc(CC(=O)NCc2ccccc2-n2cccn2)cc1. The minimum absolute atomic E-state index is 0.00942. The molecule has 0 saturated heterocycles. The van der Waals surface area contributed by atoms with Gasteiger partial charge < -0.3 is 10.1 Å². The van der Waals surface area contributed by atoms with Crippen molar-refractivity contribution < 1.29 is 9.53 Å². The molecule has 6 heteroatoms. The van der Waals surface area contributed by atoms with Crippen LogP contribution in [0.1, 0.15) is 11.1 Å². The number of hydrogen-bond donors (Lipinski definition) is 1. The maximum Gasteiger partial charge on any atom is 0.224 e. The summed E-state index contributed by atoms with van der Waals surface area (Å²) in [5.41, 5.74) is 2.81. The van der Waals surface area contributed by atoms with Gasteiger partial charge in [0.05, 0.1) is 12.1 Å². The van der Waals surface area contributed by atoms with Gasteiger partial charge in [0.1, 0.15) is 11.8 Å². The summed E-state index contributed by atoms with van der Waals surface area (Å²) in [5, 5.41) is 15.7. The average molecular weight is 346 g/mol. The van der Waals surface area contributed by atoms with E-state index in [0.29, 0.717) is 12.3 Å². The second kappa shape index (κ2) is 8.49. The zero-order valence-electron chi connectivity index (χ0n) is 14.1. The third-order valence-corrected chi connectivity index (χ3v) is 3.81. The molecule has 0 bridgehead atoms. The quantitative estimate of drug-likeness (QED) is 0.713. The number of para-hydroxylation sites is 1. The van der Waals surface area contributed by atoms with Gasteiger partial charge in [-0.25, -0.2) is 4.68 Å². The zero-order valence-corrected chi connectivity index (χ0v) is 14.1. The molecule has 6 nitrogen and oxygen atoms in total. The molecular weight excluding hydrogens is 328 g/mol. The van der Waals surface area contributed by atoms with Crippen LogP contribution >= 0.6 is 0 Å². The second-order valence-corrected chi connectivity index (χ2v) is 5.62. The number of nitriles is 1. The van der Waals surface area contributed by atoms with Gasteiger partial charge in [0.2, 0.25) is 5.91 Å². The lowest BCUT2D eigenvalue weighted by molar-refractivity contribution is -0.120. The average Bonchev–Trinajstić information content (AvgIpc) is 3.21. The number of aromatic nitrogens is 2. The first kappa shape index (κ1) is 17.2. The molecule has 2 aromatic carbocycles. The highest BCUT2D eigenvalue weighted by molar-refractivity contribution is 5.78. The van der Waals surface area contributed by atoms with Crippen LogP contribution < -0.4 is 10.1 Å². The van der Waals surface area contributed by atoms with Crippen LogP contribution in [0, 0.1) is 11.3 Å². The van der Waals surface area contributed by atoms with E-state index < -0.39 is 0 Å². The fraction of sp³-hybridized carbons (Fsp3) is 0.150. The molecule has 3 rings (SSSR count). The lowest BCUT2D eigenvalue weighted by Gasteiger charge is -2.11. The smallest absolute Gasteiger partial charge is 0.224 e. The van der Waals surface area contributed by atoms with Crippen molar-refractivity contribution in [2.24, 2.45) is 0 Å². The molecule has 1 heterocycles. The summed E-state index contributed by atoms with van der Waals surface area (Å²) in [6.45, 7) is 0.438. The van der Waals surface area contributed by atoms with Crippen molar-refractivity contribution in [3.63, 3.8) is 0 Å². The molecule has 26 heavy (non-hydrogen) atoms. The van der Waals surface area contributed by atoms with E-state index in [0.717, 1.165) is 16.8 Å². The Balaban J connectivity index is 1.57. The van der Waals surface area contributed by atoms with E-state index in [1.807, 2.05) is 54.7 Å². The van der Waals surface area contributed by atoms with Gasteiger partial charge in [0.15, 0.2) is 6.61 Å². The Morgan fingerprint density at radius 2 is 1.96 bits per heavy atom. The first-order valence-corrected chi connectivity index (χ1v) is 8.19. The van der Waals surface area contributed by atoms with Gasteiger partial charge in [-0.05, 0) is 35.4 Å². The predicted molar refractivity (Wildman–Crippen MR) is 96.7 cm³/mol. The van der Waals surface area contributed by atoms with Crippen LogP contribution in [-0.2, 0) is 17.8 Å². The Kier molecular flexibility index (Phi) is 5.63. The molecule has 0 spiro atoms. The number of ether oxygens (including phenoxy) is 1. The number of rotatable bonds is 7. The van der Waals surface area contributed by atoms with Crippen molar-refractivity contribution >= 4 is 5.91 Å². The van der Waals surface area contributed by atoms with Crippen LogP contribution in [0.2, 0.25) is 0 Å². The molecular formula is C20H18N4O2. The van der Waals surface area contributed by atoms with Gasteiger partial charge in [-0.2, -0.15) is 10.4 Å². The standard InChI is InChI=1S/C20H18N4O2/c21-10-13-26-18-8-6-16(7-9-18)14-20(25)22-15-17-4-1-2-5-19(17)24-12-3-11-23-24/h1-9,11-12H,13-15H2,(H,22,25). The molecule has 3 aromatic rings. The third-order valence-electron chi connectivity index (χ3n) is 3.81. The highest BCUT2D eigenvalue weighted by Gasteiger charge is 2.07. The number of carbonyl (C=O) groups excluding carboxylic acids is 1. The molecule has 0 atom stereocenters. The first-order chi connectivity index (χ1) is 12.8.